The SMILES string of the molecule is CC(C)NCC(COc1cccc2ccccc12)OC(=O)OCC1c2ccccc2-c2ccccc21. The second-order valence-corrected chi connectivity index (χ2v) is 9.38. The number of rotatable bonds is 9. The first-order valence-corrected chi connectivity index (χ1v) is 12.5. The van der Waals surface area contributed by atoms with Gasteiger partial charge in [-0.15, -0.1) is 0 Å². The number of carbonyl (C=O) groups is 1. The lowest BCUT2D eigenvalue weighted by Crippen LogP contribution is -2.38. The number of hydrogen-bond acceptors (Lipinski definition) is 5. The minimum atomic E-state index is -0.686. The molecular weight excluding hydrogens is 450 g/mol. The second-order valence-electron chi connectivity index (χ2n) is 9.38. The van der Waals surface area contributed by atoms with Gasteiger partial charge in [-0.2, -0.15) is 0 Å². The first-order valence-electron chi connectivity index (χ1n) is 12.5. The fraction of sp³-hybridized carbons (Fsp3) is 0.258. The molecule has 1 atom stereocenters. The Labute approximate surface area is 212 Å². The molecule has 0 saturated heterocycles. The van der Waals surface area contributed by atoms with E-state index in [-0.39, 0.29) is 25.2 Å². The van der Waals surface area contributed by atoms with E-state index in [0.29, 0.717) is 6.54 Å². The van der Waals surface area contributed by atoms with Crippen LogP contribution in [0.2, 0.25) is 0 Å². The third-order valence-electron chi connectivity index (χ3n) is 6.52. The minimum absolute atomic E-state index is 0.0101. The van der Waals surface area contributed by atoms with Crippen LogP contribution in [-0.2, 0) is 9.47 Å². The van der Waals surface area contributed by atoms with Gasteiger partial charge in [0, 0.05) is 23.9 Å². The molecule has 0 saturated carbocycles. The van der Waals surface area contributed by atoms with Gasteiger partial charge in [-0.05, 0) is 33.7 Å². The Morgan fingerprint density at radius 2 is 1.47 bits per heavy atom. The van der Waals surface area contributed by atoms with Crippen LogP contribution in [0.5, 0.6) is 5.75 Å². The lowest BCUT2D eigenvalue weighted by atomic mass is 9.98. The molecule has 4 aromatic carbocycles. The number of benzene rings is 4. The number of fused-ring (bicyclic) bond motifs is 4. The van der Waals surface area contributed by atoms with E-state index in [1.165, 1.54) is 22.3 Å². The molecule has 0 bridgehead atoms. The molecular formula is C31H31NO4. The van der Waals surface area contributed by atoms with E-state index in [2.05, 4.69) is 43.4 Å². The summed E-state index contributed by atoms with van der Waals surface area (Å²) in [5.41, 5.74) is 4.72. The Hall–Kier alpha value is -3.83. The van der Waals surface area contributed by atoms with E-state index in [4.69, 9.17) is 14.2 Å². The van der Waals surface area contributed by atoms with Gasteiger partial charge in [-0.1, -0.05) is 98.8 Å². The van der Waals surface area contributed by atoms with E-state index in [1.54, 1.807) is 0 Å². The fourth-order valence-corrected chi connectivity index (χ4v) is 4.77. The highest BCUT2D eigenvalue weighted by molar-refractivity contribution is 5.88. The molecule has 0 heterocycles. The Balaban J connectivity index is 1.24. The van der Waals surface area contributed by atoms with Gasteiger partial charge in [0.1, 0.15) is 19.0 Å². The number of hydrogen-bond donors (Lipinski definition) is 1. The molecule has 4 aromatic rings. The van der Waals surface area contributed by atoms with Crippen molar-refractivity contribution in [3.05, 3.63) is 102 Å². The van der Waals surface area contributed by atoms with Crippen LogP contribution < -0.4 is 10.1 Å². The van der Waals surface area contributed by atoms with Gasteiger partial charge in [-0.25, -0.2) is 4.79 Å². The quantitative estimate of drug-likeness (QED) is 0.275. The van der Waals surface area contributed by atoms with E-state index < -0.39 is 12.3 Å². The third-order valence-corrected chi connectivity index (χ3v) is 6.52. The van der Waals surface area contributed by atoms with Crippen molar-refractivity contribution in [3.63, 3.8) is 0 Å². The molecule has 1 aliphatic rings. The summed E-state index contributed by atoms with van der Waals surface area (Å²) in [5, 5.41) is 5.46. The molecule has 5 rings (SSSR count). The monoisotopic (exact) mass is 481 g/mol. The molecule has 0 spiro atoms. The predicted molar refractivity (Wildman–Crippen MR) is 143 cm³/mol. The topological polar surface area (TPSA) is 56.8 Å². The van der Waals surface area contributed by atoms with Crippen molar-refractivity contribution in [1.82, 2.24) is 5.32 Å². The molecule has 0 aromatic heterocycles. The van der Waals surface area contributed by atoms with Crippen LogP contribution in [0.1, 0.15) is 30.9 Å². The minimum Gasteiger partial charge on any atom is -0.489 e. The normalized spacial score (nSPS) is 13.3. The van der Waals surface area contributed by atoms with Crippen molar-refractivity contribution >= 4 is 16.9 Å². The van der Waals surface area contributed by atoms with Crippen molar-refractivity contribution < 1.29 is 19.0 Å². The molecule has 0 aliphatic heterocycles. The lowest BCUT2D eigenvalue weighted by Gasteiger charge is -2.21. The Kier molecular flexibility index (Phi) is 7.19. The van der Waals surface area contributed by atoms with Gasteiger partial charge < -0.3 is 19.5 Å². The third kappa shape index (κ3) is 5.21. The number of carbonyl (C=O) groups excluding carboxylic acids is 1. The van der Waals surface area contributed by atoms with Crippen LogP contribution >= 0.6 is 0 Å². The average Bonchev–Trinajstić information content (AvgIpc) is 3.22. The number of nitrogens with one attached hydrogen (secondary N) is 1. The van der Waals surface area contributed by atoms with Crippen LogP contribution in [0.3, 0.4) is 0 Å². The smallest absolute Gasteiger partial charge is 0.489 e. The van der Waals surface area contributed by atoms with Crippen LogP contribution in [0.15, 0.2) is 91.0 Å². The van der Waals surface area contributed by atoms with Gasteiger partial charge in [0.25, 0.3) is 0 Å². The molecule has 5 heteroatoms. The maximum Gasteiger partial charge on any atom is 0.508 e. The van der Waals surface area contributed by atoms with Gasteiger partial charge >= 0.3 is 6.16 Å². The highest BCUT2D eigenvalue weighted by Crippen LogP contribution is 2.44. The average molecular weight is 482 g/mol. The molecule has 36 heavy (non-hydrogen) atoms. The molecule has 184 valence electrons. The van der Waals surface area contributed by atoms with Gasteiger partial charge in [-0.3, -0.25) is 0 Å². The summed E-state index contributed by atoms with van der Waals surface area (Å²) in [4.78, 5) is 12.8. The molecule has 1 aliphatic carbocycles. The highest BCUT2D eigenvalue weighted by Gasteiger charge is 2.29. The van der Waals surface area contributed by atoms with Crippen molar-refractivity contribution in [2.24, 2.45) is 0 Å². The molecule has 0 amide bonds. The summed E-state index contributed by atoms with van der Waals surface area (Å²) >= 11 is 0. The molecule has 1 unspecified atom stereocenters. The van der Waals surface area contributed by atoms with Crippen molar-refractivity contribution in [2.45, 2.75) is 31.9 Å². The summed E-state index contributed by atoms with van der Waals surface area (Å²) in [6, 6.07) is 30.8. The maximum atomic E-state index is 12.8. The Morgan fingerprint density at radius 3 is 2.19 bits per heavy atom. The summed E-state index contributed by atoms with van der Waals surface area (Å²) in [7, 11) is 0. The first kappa shape index (κ1) is 23.9. The predicted octanol–water partition coefficient (Wildman–Crippen LogP) is 6.55. The van der Waals surface area contributed by atoms with Crippen LogP contribution in [-0.4, -0.2) is 38.1 Å². The van der Waals surface area contributed by atoms with Gasteiger partial charge in [0.15, 0.2) is 6.10 Å². The summed E-state index contributed by atoms with van der Waals surface area (Å²) in [6.07, 6.45) is -1.18. The molecule has 0 radical (unpaired) electrons. The Morgan fingerprint density at radius 1 is 0.833 bits per heavy atom. The zero-order valence-electron chi connectivity index (χ0n) is 20.6. The van der Waals surface area contributed by atoms with Crippen LogP contribution in [0.25, 0.3) is 21.9 Å². The highest BCUT2D eigenvalue weighted by atomic mass is 16.7. The summed E-state index contributed by atoms with van der Waals surface area (Å²) in [5.74, 6) is 0.753. The van der Waals surface area contributed by atoms with Crippen molar-refractivity contribution in [1.29, 1.82) is 0 Å². The van der Waals surface area contributed by atoms with E-state index in [1.807, 2.05) is 66.7 Å². The standard InChI is InChI=1S/C31H31NO4/c1-21(2)32-18-23(19-34-30-17-9-11-22-10-3-4-12-24(22)30)36-31(33)35-20-29-27-15-7-5-13-25(27)26-14-6-8-16-28(26)29/h3-17,21,23,29,32H,18-20H2,1-2H3. The zero-order valence-corrected chi connectivity index (χ0v) is 20.6. The van der Waals surface area contributed by atoms with E-state index in [0.717, 1.165) is 16.5 Å². The molecule has 1 N–H and O–H groups in total. The maximum absolute atomic E-state index is 12.8. The molecule has 5 nitrogen and oxygen atoms in total. The van der Waals surface area contributed by atoms with Crippen molar-refractivity contribution in [2.75, 3.05) is 19.8 Å². The summed E-state index contributed by atoms with van der Waals surface area (Å²) in [6.45, 7) is 5.01. The number of ether oxygens (including phenoxy) is 3. The van der Waals surface area contributed by atoms with Gasteiger partial charge in [0.2, 0.25) is 0 Å². The lowest BCUT2D eigenvalue weighted by molar-refractivity contribution is 0.00598. The van der Waals surface area contributed by atoms with E-state index in [9.17, 15) is 4.79 Å². The first-order chi connectivity index (χ1) is 17.6. The van der Waals surface area contributed by atoms with E-state index >= 15 is 0 Å². The van der Waals surface area contributed by atoms with Crippen molar-refractivity contribution in [3.8, 4) is 16.9 Å². The van der Waals surface area contributed by atoms with Crippen LogP contribution in [0.4, 0.5) is 4.79 Å². The summed E-state index contributed by atoms with van der Waals surface area (Å²) < 4.78 is 17.5. The second kappa shape index (κ2) is 10.8. The largest absolute Gasteiger partial charge is 0.508 e. The Bertz CT molecular complexity index is 1300. The molecule has 0 fully saturated rings. The zero-order chi connectivity index (χ0) is 24.9. The van der Waals surface area contributed by atoms with Crippen LogP contribution in [0, 0.1) is 0 Å². The van der Waals surface area contributed by atoms with Gasteiger partial charge in [0.05, 0.1) is 0 Å². The fourth-order valence-electron chi connectivity index (χ4n) is 4.77.